The zero-order chi connectivity index (χ0) is 21.4. The van der Waals surface area contributed by atoms with Crippen molar-refractivity contribution in [3.8, 4) is 0 Å². The monoisotopic (exact) mass is 411 g/mol. The van der Waals surface area contributed by atoms with Crippen LogP contribution >= 0.6 is 0 Å². The molecule has 0 aliphatic heterocycles. The number of hydrogen-bond donors (Lipinski definition) is 2. The first-order valence-electron chi connectivity index (χ1n) is 8.27. The molecule has 0 heterocycles. The molecule has 0 fully saturated rings. The molecule has 0 aliphatic rings. The van der Waals surface area contributed by atoms with Crippen LogP contribution in [0, 0.1) is 0 Å². The number of benzene rings is 3. The number of para-hydroxylation sites is 1. The van der Waals surface area contributed by atoms with Gasteiger partial charge in [-0.05, 0) is 48.5 Å². The second-order valence-corrected chi connectivity index (χ2v) is 6.22. The zero-order valence-corrected chi connectivity index (χ0v) is 14.7. The van der Waals surface area contributed by atoms with Crippen molar-refractivity contribution in [3.63, 3.8) is 0 Å². The van der Waals surface area contributed by atoms with Gasteiger partial charge in [0.25, 0.3) is 0 Å². The third kappa shape index (κ3) is 4.23. The number of hydrogen-bond acceptors (Lipinski definition) is 3. The van der Waals surface area contributed by atoms with Crippen molar-refractivity contribution in [1.82, 2.24) is 0 Å². The van der Waals surface area contributed by atoms with E-state index in [4.69, 9.17) is 11.5 Å². The minimum atomic E-state index is -4.84. The molecule has 4 N–H and O–H groups in total. The molecule has 0 unspecified atom stereocenters. The predicted octanol–water partition coefficient (Wildman–Crippen LogP) is 6.36. The van der Waals surface area contributed by atoms with Gasteiger partial charge in [0.2, 0.25) is 0 Å². The molecule has 9 heteroatoms. The molecular weight excluding hydrogens is 396 g/mol. The minimum absolute atomic E-state index is 0.109. The summed E-state index contributed by atoms with van der Waals surface area (Å²) in [6.45, 7) is 0. The molecule has 0 amide bonds. The highest BCUT2D eigenvalue weighted by atomic mass is 19.4. The predicted molar refractivity (Wildman–Crippen MR) is 100.0 cm³/mol. The Morgan fingerprint density at radius 1 is 0.586 bits per heavy atom. The summed E-state index contributed by atoms with van der Waals surface area (Å²) in [5, 5.41) is 0. The molecule has 0 bridgehead atoms. The van der Waals surface area contributed by atoms with Gasteiger partial charge in [0.15, 0.2) is 0 Å². The summed E-state index contributed by atoms with van der Waals surface area (Å²) in [6.07, 6.45) is -9.69. The van der Waals surface area contributed by atoms with Crippen LogP contribution in [-0.4, -0.2) is 0 Å². The maximum Gasteiger partial charge on any atom is 0.418 e. The van der Waals surface area contributed by atoms with Crippen LogP contribution in [0.1, 0.15) is 11.1 Å². The average Bonchev–Trinajstić information content (AvgIpc) is 2.63. The molecule has 152 valence electrons. The van der Waals surface area contributed by atoms with E-state index in [-0.39, 0.29) is 17.1 Å². The van der Waals surface area contributed by atoms with E-state index in [1.54, 1.807) is 6.07 Å². The maximum atomic E-state index is 13.7. The van der Waals surface area contributed by atoms with E-state index in [1.165, 1.54) is 36.4 Å². The van der Waals surface area contributed by atoms with E-state index in [0.717, 1.165) is 17.0 Å². The van der Waals surface area contributed by atoms with Crippen LogP contribution in [0.3, 0.4) is 0 Å². The lowest BCUT2D eigenvalue weighted by Crippen LogP contribution is -2.20. The van der Waals surface area contributed by atoms with Crippen LogP contribution in [0.15, 0.2) is 66.7 Å². The van der Waals surface area contributed by atoms with E-state index < -0.39 is 34.9 Å². The first-order valence-corrected chi connectivity index (χ1v) is 8.27. The zero-order valence-electron chi connectivity index (χ0n) is 14.7. The van der Waals surface area contributed by atoms with Crippen LogP contribution in [0.4, 0.5) is 54.8 Å². The Morgan fingerprint density at radius 3 is 1.38 bits per heavy atom. The normalized spacial score (nSPS) is 12.1. The van der Waals surface area contributed by atoms with E-state index in [2.05, 4.69) is 0 Å². The van der Waals surface area contributed by atoms with Gasteiger partial charge >= 0.3 is 12.4 Å². The van der Waals surface area contributed by atoms with Gasteiger partial charge in [-0.3, -0.25) is 0 Å². The first-order chi connectivity index (χ1) is 13.5. The van der Waals surface area contributed by atoms with Gasteiger partial charge in [0.05, 0.1) is 22.5 Å². The molecule has 0 saturated carbocycles. The number of halogens is 6. The van der Waals surface area contributed by atoms with Gasteiger partial charge in [-0.2, -0.15) is 26.3 Å². The van der Waals surface area contributed by atoms with Crippen LogP contribution < -0.4 is 16.4 Å². The molecule has 0 atom stereocenters. The molecule has 3 aromatic rings. The van der Waals surface area contributed by atoms with Crippen molar-refractivity contribution >= 4 is 28.4 Å². The number of rotatable bonds is 3. The SMILES string of the molecule is Nc1ccc(N(c2ccccc2)c2ccc(N)cc2C(F)(F)F)c(C(F)(F)F)c1. The van der Waals surface area contributed by atoms with Crippen molar-refractivity contribution in [2.24, 2.45) is 0 Å². The fourth-order valence-electron chi connectivity index (χ4n) is 2.94. The fourth-order valence-corrected chi connectivity index (χ4v) is 2.94. The second kappa shape index (κ2) is 7.23. The highest BCUT2D eigenvalue weighted by Crippen LogP contribution is 2.47. The first kappa shape index (κ1) is 20.4. The van der Waals surface area contributed by atoms with Crippen molar-refractivity contribution in [3.05, 3.63) is 77.9 Å². The van der Waals surface area contributed by atoms with E-state index >= 15 is 0 Å². The second-order valence-electron chi connectivity index (χ2n) is 6.22. The van der Waals surface area contributed by atoms with Crippen LogP contribution in [0.5, 0.6) is 0 Å². The Hall–Kier alpha value is -3.36. The topological polar surface area (TPSA) is 55.3 Å². The molecule has 3 rings (SSSR count). The van der Waals surface area contributed by atoms with Crippen molar-refractivity contribution in [2.45, 2.75) is 12.4 Å². The Kier molecular flexibility index (Phi) is 5.08. The largest absolute Gasteiger partial charge is 0.418 e. The third-order valence-corrected chi connectivity index (χ3v) is 4.15. The Bertz CT molecular complexity index is 949. The summed E-state index contributed by atoms with van der Waals surface area (Å²) < 4.78 is 82.2. The van der Waals surface area contributed by atoms with Gasteiger partial charge in [-0.15, -0.1) is 0 Å². The van der Waals surface area contributed by atoms with Gasteiger partial charge < -0.3 is 16.4 Å². The summed E-state index contributed by atoms with van der Waals surface area (Å²) in [5.74, 6) is 0. The number of nitrogens with two attached hydrogens (primary N) is 2. The molecule has 0 spiro atoms. The Balaban J connectivity index is 2.37. The minimum Gasteiger partial charge on any atom is -0.399 e. The summed E-state index contributed by atoms with van der Waals surface area (Å²) in [7, 11) is 0. The molecule has 0 radical (unpaired) electrons. The molecule has 0 aromatic heterocycles. The van der Waals surface area contributed by atoms with Gasteiger partial charge in [-0.25, -0.2) is 0 Å². The Morgan fingerprint density at radius 2 is 1.00 bits per heavy atom. The van der Waals surface area contributed by atoms with Gasteiger partial charge in [0.1, 0.15) is 0 Å². The smallest absolute Gasteiger partial charge is 0.399 e. The standard InChI is InChI=1S/C20H15F6N3/c21-19(22,23)15-10-12(27)6-8-17(15)29(14-4-2-1-3-5-14)18-9-7-13(28)11-16(18)20(24,25)26/h1-11H,27-28H2. The van der Waals surface area contributed by atoms with Crippen LogP contribution in [-0.2, 0) is 12.4 Å². The van der Waals surface area contributed by atoms with Crippen molar-refractivity contribution < 1.29 is 26.3 Å². The van der Waals surface area contributed by atoms with Crippen LogP contribution in [0.25, 0.3) is 0 Å². The highest BCUT2D eigenvalue weighted by Gasteiger charge is 2.39. The summed E-state index contributed by atoms with van der Waals surface area (Å²) in [5.41, 5.74) is 7.49. The Labute approximate surface area is 162 Å². The molecule has 3 nitrogen and oxygen atoms in total. The maximum absolute atomic E-state index is 13.7. The van der Waals surface area contributed by atoms with Crippen LogP contribution in [0.2, 0.25) is 0 Å². The number of anilines is 5. The molecule has 0 saturated heterocycles. The third-order valence-electron chi connectivity index (χ3n) is 4.15. The number of alkyl halides is 6. The highest BCUT2D eigenvalue weighted by molar-refractivity contribution is 5.82. The lowest BCUT2D eigenvalue weighted by molar-refractivity contribution is -0.137. The van der Waals surface area contributed by atoms with Gasteiger partial charge in [-0.1, -0.05) is 18.2 Å². The van der Waals surface area contributed by atoms with E-state index in [0.29, 0.717) is 12.1 Å². The van der Waals surface area contributed by atoms with Crippen molar-refractivity contribution in [1.29, 1.82) is 0 Å². The molecule has 0 aliphatic carbocycles. The van der Waals surface area contributed by atoms with Gasteiger partial charge in [0, 0.05) is 17.1 Å². The lowest BCUT2D eigenvalue weighted by atomic mass is 10.0. The molecular formula is C20H15F6N3. The van der Waals surface area contributed by atoms with Crippen molar-refractivity contribution in [2.75, 3.05) is 16.4 Å². The quantitative estimate of drug-likeness (QED) is 0.390. The summed E-state index contributed by atoms with van der Waals surface area (Å²) in [4.78, 5) is 0.893. The number of nitrogen functional groups attached to an aromatic ring is 2. The van der Waals surface area contributed by atoms with E-state index in [9.17, 15) is 26.3 Å². The number of nitrogens with zero attached hydrogens (tertiary/aromatic N) is 1. The summed E-state index contributed by atoms with van der Waals surface area (Å²) in [6, 6.07) is 13.3. The molecule has 29 heavy (non-hydrogen) atoms. The van der Waals surface area contributed by atoms with E-state index in [1.807, 2.05) is 0 Å². The molecule has 3 aromatic carbocycles. The summed E-state index contributed by atoms with van der Waals surface area (Å²) >= 11 is 0. The fraction of sp³-hybridized carbons (Fsp3) is 0.100. The average molecular weight is 411 g/mol. The lowest BCUT2D eigenvalue weighted by Gasteiger charge is -2.30.